The molecule has 29 heavy (non-hydrogen) atoms. The van der Waals surface area contributed by atoms with Crippen LogP contribution in [0.3, 0.4) is 0 Å². The number of benzene rings is 2. The van der Waals surface area contributed by atoms with Crippen molar-refractivity contribution in [3.63, 3.8) is 0 Å². The molecule has 0 saturated carbocycles. The number of carbonyl (C=O) groups is 1. The van der Waals surface area contributed by atoms with E-state index in [9.17, 15) is 17.6 Å². The summed E-state index contributed by atoms with van der Waals surface area (Å²) in [5, 5.41) is 2.56. The maximum Gasteiger partial charge on any atom is 0.254 e. The number of sulfonamides is 1. The Labute approximate surface area is 169 Å². The molecule has 2 aromatic rings. The van der Waals surface area contributed by atoms with Crippen LogP contribution in [0.2, 0.25) is 0 Å². The van der Waals surface area contributed by atoms with E-state index in [-0.39, 0.29) is 23.5 Å². The molecule has 10 heteroatoms. The van der Waals surface area contributed by atoms with Gasteiger partial charge < -0.3 is 19.5 Å². The first-order valence-corrected chi connectivity index (χ1v) is 10.1. The zero-order valence-electron chi connectivity index (χ0n) is 16.5. The van der Waals surface area contributed by atoms with Crippen LogP contribution < -0.4 is 24.2 Å². The first-order chi connectivity index (χ1) is 13.8. The molecule has 2 N–H and O–H groups in total. The third-order valence-corrected chi connectivity index (χ3v) is 5.60. The van der Waals surface area contributed by atoms with Crippen LogP contribution in [-0.2, 0) is 16.6 Å². The highest BCUT2D eigenvalue weighted by atomic mass is 32.2. The topological polar surface area (TPSA) is 103 Å². The molecule has 2 aromatic carbocycles. The van der Waals surface area contributed by atoms with Crippen LogP contribution in [0.25, 0.3) is 0 Å². The van der Waals surface area contributed by atoms with Crippen LogP contribution >= 0.6 is 0 Å². The lowest BCUT2D eigenvalue weighted by Crippen LogP contribution is -2.26. The van der Waals surface area contributed by atoms with Gasteiger partial charge in [-0.05, 0) is 24.3 Å². The Hall–Kier alpha value is -2.85. The predicted octanol–water partition coefficient (Wildman–Crippen LogP) is 2.08. The van der Waals surface area contributed by atoms with Gasteiger partial charge in [0.25, 0.3) is 5.91 Å². The third-order valence-electron chi connectivity index (χ3n) is 4.05. The SMILES string of the molecule is CCNS(=O)(=O)c1ccc(F)c(C(=O)NCc2cc(OC)c(OC)cc2OC)c1. The first-order valence-electron chi connectivity index (χ1n) is 8.63. The van der Waals surface area contributed by atoms with Crippen LogP contribution in [0.15, 0.2) is 35.2 Å². The van der Waals surface area contributed by atoms with Gasteiger partial charge >= 0.3 is 0 Å². The van der Waals surface area contributed by atoms with Crippen molar-refractivity contribution in [3.05, 3.63) is 47.3 Å². The Balaban J connectivity index is 2.28. The van der Waals surface area contributed by atoms with Crippen molar-refractivity contribution in [1.82, 2.24) is 10.0 Å². The van der Waals surface area contributed by atoms with E-state index in [1.165, 1.54) is 21.3 Å². The number of hydrogen-bond acceptors (Lipinski definition) is 6. The number of hydrogen-bond donors (Lipinski definition) is 2. The number of halogens is 1. The van der Waals surface area contributed by atoms with Crippen molar-refractivity contribution < 1.29 is 31.8 Å². The Morgan fingerprint density at radius 1 is 1.00 bits per heavy atom. The van der Waals surface area contributed by atoms with Crippen LogP contribution in [-0.4, -0.2) is 42.2 Å². The van der Waals surface area contributed by atoms with Crippen LogP contribution in [0.5, 0.6) is 17.2 Å². The van der Waals surface area contributed by atoms with Gasteiger partial charge in [-0.15, -0.1) is 0 Å². The molecule has 1 amide bonds. The van der Waals surface area contributed by atoms with Crippen molar-refractivity contribution >= 4 is 15.9 Å². The summed E-state index contributed by atoms with van der Waals surface area (Å²) in [6.07, 6.45) is 0. The van der Waals surface area contributed by atoms with Gasteiger partial charge in [-0.25, -0.2) is 17.5 Å². The number of amides is 1. The van der Waals surface area contributed by atoms with Crippen molar-refractivity contribution in [2.45, 2.75) is 18.4 Å². The van der Waals surface area contributed by atoms with Gasteiger partial charge in [0.05, 0.1) is 31.8 Å². The molecule has 0 heterocycles. The highest BCUT2D eigenvalue weighted by Gasteiger charge is 2.19. The fourth-order valence-electron chi connectivity index (χ4n) is 2.62. The van der Waals surface area contributed by atoms with E-state index < -0.39 is 21.7 Å². The van der Waals surface area contributed by atoms with E-state index in [1.54, 1.807) is 19.1 Å². The number of carbonyl (C=O) groups excluding carboxylic acids is 1. The molecular weight excluding hydrogens is 403 g/mol. The number of methoxy groups -OCH3 is 3. The second-order valence-corrected chi connectivity index (χ2v) is 7.61. The summed E-state index contributed by atoms with van der Waals surface area (Å²) in [6.45, 7) is 1.78. The molecule has 158 valence electrons. The minimum Gasteiger partial charge on any atom is -0.496 e. The molecule has 0 aromatic heterocycles. The van der Waals surface area contributed by atoms with Gasteiger partial charge in [-0.1, -0.05) is 6.92 Å². The Morgan fingerprint density at radius 3 is 2.21 bits per heavy atom. The van der Waals surface area contributed by atoms with Gasteiger partial charge in [0.1, 0.15) is 11.6 Å². The molecule has 0 aliphatic heterocycles. The number of rotatable bonds is 9. The Morgan fingerprint density at radius 2 is 1.62 bits per heavy atom. The molecule has 8 nitrogen and oxygen atoms in total. The fraction of sp³-hybridized carbons (Fsp3) is 0.316. The molecule has 2 rings (SSSR count). The lowest BCUT2D eigenvalue weighted by Gasteiger charge is -2.15. The quantitative estimate of drug-likeness (QED) is 0.637. The summed E-state index contributed by atoms with van der Waals surface area (Å²) in [6, 6.07) is 6.26. The minimum absolute atomic E-state index is 0.00795. The van der Waals surface area contributed by atoms with E-state index in [1.807, 2.05) is 0 Å². The molecule has 0 spiro atoms. The van der Waals surface area contributed by atoms with E-state index in [2.05, 4.69) is 10.0 Å². The van der Waals surface area contributed by atoms with Gasteiger partial charge in [-0.3, -0.25) is 4.79 Å². The molecular formula is C19H23FN2O6S. The highest BCUT2D eigenvalue weighted by Crippen LogP contribution is 2.34. The lowest BCUT2D eigenvalue weighted by molar-refractivity contribution is 0.0946. The van der Waals surface area contributed by atoms with E-state index in [0.717, 1.165) is 18.2 Å². The smallest absolute Gasteiger partial charge is 0.254 e. The highest BCUT2D eigenvalue weighted by molar-refractivity contribution is 7.89. The van der Waals surface area contributed by atoms with Gasteiger partial charge in [0.2, 0.25) is 10.0 Å². The Kier molecular flexibility index (Phi) is 7.40. The second-order valence-electron chi connectivity index (χ2n) is 5.84. The second kappa shape index (κ2) is 9.57. The van der Waals surface area contributed by atoms with Crippen molar-refractivity contribution in [1.29, 1.82) is 0 Å². The van der Waals surface area contributed by atoms with Crippen molar-refractivity contribution in [2.24, 2.45) is 0 Å². The van der Waals surface area contributed by atoms with Crippen molar-refractivity contribution in [2.75, 3.05) is 27.9 Å². The van der Waals surface area contributed by atoms with Gasteiger partial charge in [0.15, 0.2) is 11.5 Å². The standard InChI is InChI=1S/C19H23FN2O6S/c1-5-22-29(24,25)13-6-7-15(20)14(9-13)19(23)21-11-12-8-17(27-3)18(28-4)10-16(12)26-2/h6-10,22H,5,11H2,1-4H3,(H,21,23). The summed E-state index contributed by atoms with van der Waals surface area (Å²) in [5.74, 6) is -0.286. The predicted molar refractivity (Wildman–Crippen MR) is 105 cm³/mol. The molecule has 0 atom stereocenters. The molecule has 0 radical (unpaired) electrons. The van der Waals surface area contributed by atoms with E-state index in [4.69, 9.17) is 14.2 Å². The zero-order valence-corrected chi connectivity index (χ0v) is 17.4. The molecule has 0 fully saturated rings. The largest absolute Gasteiger partial charge is 0.496 e. The summed E-state index contributed by atoms with van der Waals surface area (Å²) < 4.78 is 56.4. The zero-order chi connectivity index (χ0) is 21.6. The van der Waals surface area contributed by atoms with E-state index >= 15 is 0 Å². The molecule has 0 bridgehead atoms. The van der Waals surface area contributed by atoms with Gasteiger partial charge in [-0.2, -0.15) is 0 Å². The van der Waals surface area contributed by atoms with Crippen LogP contribution in [0.4, 0.5) is 4.39 Å². The fourth-order valence-corrected chi connectivity index (χ4v) is 3.69. The summed E-state index contributed by atoms with van der Waals surface area (Å²) in [4.78, 5) is 12.3. The number of nitrogens with one attached hydrogen (secondary N) is 2. The average Bonchev–Trinajstić information content (AvgIpc) is 2.71. The number of ether oxygens (including phenoxy) is 3. The maximum atomic E-state index is 14.1. The summed E-state index contributed by atoms with van der Waals surface area (Å²) in [7, 11) is 0.588. The van der Waals surface area contributed by atoms with E-state index in [0.29, 0.717) is 22.8 Å². The normalized spacial score (nSPS) is 11.1. The van der Waals surface area contributed by atoms with Crippen LogP contribution in [0.1, 0.15) is 22.8 Å². The van der Waals surface area contributed by atoms with Crippen molar-refractivity contribution in [3.8, 4) is 17.2 Å². The minimum atomic E-state index is -3.82. The Bertz CT molecular complexity index is 994. The summed E-state index contributed by atoms with van der Waals surface area (Å²) in [5.41, 5.74) is 0.179. The third kappa shape index (κ3) is 5.15. The maximum absolute atomic E-state index is 14.1. The van der Waals surface area contributed by atoms with Gasteiger partial charge in [0, 0.05) is 24.7 Å². The average molecular weight is 426 g/mol. The van der Waals surface area contributed by atoms with Crippen LogP contribution in [0, 0.1) is 5.82 Å². The monoisotopic (exact) mass is 426 g/mol. The first kappa shape index (κ1) is 22.4. The molecule has 0 saturated heterocycles. The summed E-state index contributed by atoms with van der Waals surface area (Å²) >= 11 is 0. The molecule has 0 aliphatic carbocycles. The molecule has 0 unspecified atom stereocenters. The molecule has 0 aliphatic rings. The lowest BCUT2D eigenvalue weighted by atomic mass is 10.1.